The highest BCUT2D eigenvalue weighted by Crippen LogP contribution is 2.38. The van der Waals surface area contributed by atoms with Crippen LogP contribution in [0.3, 0.4) is 0 Å². The molecular formula is C15H19FN2S. The molecule has 0 radical (unpaired) electrons. The summed E-state index contributed by atoms with van der Waals surface area (Å²) < 4.78 is 12.8. The van der Waals surface area contributed by atoms with Crippen LogP contribution in [-0.4, -0.2) is 18.3 Å². The second kappa shape index (κ2) is 6.40. The van der Waals surface area contributed by atoms with E-state index in [1.807, 2.05) is 19.2 Å². The Balaban J connectivity index is 1.86. The van der Waals surface area contributed by atoms with Gasteiger partial charge in [0.05, 0.1) is 6.07 Å². The predicted molar refractivity (Wildman–Crippen MR) is 76.5 cm³/mol. The fourth-order valence-corrected chi connectivity index (χ4v) is 3.82. The van der Waals surface area contributed by atoms with Crippen molar-refractivity contribution in [3.8, 4) is 6.07 Å². The molecule has 1 fully saturated rings. The first-order chi connectivity index (χ1) is 9.20. The van der Waals surface area contributed by atoms with Gasteiger partial charge in [0.15, 0.2) is 0 Å². The molecule has 0 heterocycles. The molecule has 0 aromatic heterocycles. The first kappa shape index (κ1) is 14.4. The summed E-state index contributed by atoms with van der Waals surface area (Å²) in [5, 5.41) is 12.6. The summed E-state index contributed by atoms with van der Waals surface area (Å²) in [7, 11) is 1.88. The van der Waals surface area contributed by atoms with Crippen LogP contribution in [0.2, 0.25) is 0 Å². The van der Waals surface area contributed by atoms with Gasteiger partial charge in [-0.25, -0.2) is 4.39 Å². The summed E-state index contributed by atoms with van der Waals surface area (Å²) in [6, 6.07) is 9.07. The zero-order chi connectivity index (χ0) is 13.7. The Hall–Kier alpha value is -1.05. The molecule has 19 heavy (non-hydrogen) atoms. The van der Waals surface area contributed by atoms with E-state index in [0.29, 0.717) is 5.92 Å². The van der Waals surface area contributed by atoms with Crippen LogP contribution >= 0.6 is 11.8 Å². The number of halogens is 1. The van der Waals surface area contributed by atoms with E-state index >= 15 is 0 Å². The van der Waals surface area contributed by atoms with Gasteiger partial charge in [-0.15, -0.1) is 11.8 Å². The van der Waals surface area contributed by atoms with Crippen molar-refractivity contribution in [2.45, 2.75) is 36.1 Å². The van der Waals surface area contributed by atoms with Crippen molar-refractivity contribution in [3.05, 3.63) is 30.1 Å². The molecule has 0 amide bonds. The highest BCUT2D eigenvalue weighted by molar-refractivity contribution is 7.99. The summed E-state index contributed by atoms with van der Waals surface area (Å²) in [6.45, 7) is 0. The summed E-state index contributed by atoms with van der Waals surface area (Å²) in [4.78, 5) is 1.09. The van der Waals surface area contributed by atoms with Gasteiger partial charge < -0.3 is 5.32 Å². The van der Waals surface area contributed by atoms with Crippen LogP contribution in [0, 0.1) is 23.1 Å². The molecule has 1 N–H and O–H groups in total. The minimum absolute atomic E-state index is 0.196. The number of thioether (sulfide) groups is 1. The number of nitrogens with one attached hydrogen (secondary N) is 1. The first-order valence-corrected chi connectivity index (χ1v) is 7.67. The van der Waals surface area contributed by atoms with Crippen molar-refractivity contribution < 1.29 is 4.39 Å². The molecule has 0 aliphatic heterocycles. The molecule has 0 saturated heterocycles. The molecule has 2 atom stereocenters. The Labute approximate surface area is 118 Å². The number of nitriles is 1. The normalized spacial score (nSPS) is 26.3. The van der Waals surface area contributed by atoms with Gasteiger partial charge >= 0.3 is 0 Å². The molecule has 1 saturated carbocycles. The molecule has 1 aliphatic rings. The molecule has 2 unspecified atom stereocenters. The Bertz CT molecular complexity index is 454. The lowest BCUT2D eigenvalue weighted by molar-refractivity contribution is 0.332. The molecule has 0 spiro atoms. The zero-order valence-electron chi connectivity index (χ0n) is 11.2. The van der Waals surface area contributed by atoms with Gasteiger partial charge in [-0.2, -0.15) is 5.26 Å². The van der Waals surface area contributed by atoms with Crippen LogP contribution in [0.15, 0.2) is 29.2 Å². The molecule has 2 nitrogen and oxygen atoms in total. The smallest absolute Gasteiger partial charge is 0.123 e. The van der Waals surface area contributed by atoms with Crippen molar-refractivity contribution in [3.63, 3.8) is 0 Å². The summed E-state index contributed by atoms with van der Waals surface area (Å²) in [6.07, 6.45) is 4.22. The lowest BCUT2D eigenvalue weighted by atomic mass is 9.87. The van der Waals surface area contributed by atoms with Crippen LogP contribution < -0.4 is 5.32 Å². The van der Waals surface area contributed by atoms with Gasteiger partial charge in [0.25, 0.3) is 0 Å². The Kier molecular flexibility index (Phi) is 4.84. The van der Waals surface area contributed by atoms with Crippen LogP contribution in [0.4, 0.5) is 4.39 Å². The van der Waals surface area contributed by atoms with Gasteiger partial charge in [0, 0.05) is 4.90 Å². The SMILES string of the molecule is CNC1(C#N)CCCC1CCSc1ccc(F)cc1. The monoisotopic (exact) mass is 278 g/mol. The molecule has 1 aliphatic carbocycles. The number of benzene rings is 1. The summed E-state index contributed by atoms with van der Waals surface area (Å²) in [5.41, 5.74) is -0.330. The third-order valence-corrected chi connectivity index (χ3v) is 5.06. The topological polar surface area (TPSA) is 35.8 Å². The van der Waals surface area contributed by atoms with Crippen LogP contribution in [0.5, 0.6) is 0 Å². The van der Waals surface area contributed by atoms with Crippen LogP contribution in [0.25, 0.3) is 0 Å². The van der Waals surface area contributed by atoms with E-state index in [-0.39, 0.29) is 11.4 Å². The fourth-order valence-electron chi connectivity index (χ4n) is 2.85. The van der Waals surface area contributed by atoms with Crippen molar-refractivity contribution in [2.75, 3.05) is 12.8 Å². The lowest BCUT2D eigenvalue weighted by Crippen LogP contribution is -2.44. The third kappa shape index (κ3) is 3.29. The highest BCUT2D eigenvalue weighted by atomic mass is 32.2. The van der Waals surface area contributed by atoms with Crippen molar-refractivity contribution >= 4 is 11.8 Å². The zero-order valence-corrected chi connectivity index (χ0v) is 12.0. The molecule has 2 rings (SSSR count). The maximum atomic E-state index is 12.8. The Morgan fingerprint density at radius 2 is 2.21 bits per heavy atom. The second-order valence-electron chi connectivity index (χ2n) is 5.01. The van der Waals surface area contributed by atoms with E-state index in [2.05, 4.69) is 11.4 Å². The van der Waals surface area contributed by atoms with E-state index < -0.39 is 0 Å². The van der Waals surface area contributed by atoms with Gasteiger partial charge in [-0.3, -0.25) is 0 Å². The molecule has 102 valence electrons. The number of hydrogen-bond acceptors (Lipinski definition) is 3. The van der Waals surface area contributed by atoms with Crippen molar-refractivity contribution in [1.82, 2.24) is 5.32 Å². The number of rotatable bonds is 5. The van der Waals surface area contributed by atoms with E-state index in [0.717, 1.165) is 36.3 Å². The van der Waals surface area contributed by atoms with Gasteiger partial charge in [0.1, 0.15) is 11.4 Å². The maximum absolute atomic E-state index is 12.8. The standard InChI is InChI=1S/C15H19FN2S/c1-18-15(11-17)9-2-3-12(15)8-10-19-14-6-4-13(16)5-7-14/h4-7,12,18H,2-3,8-10H2,1H3. The number of nitrogens with zero attached hydrogens (tertiary/aromatic N) is 1. The Morgan fingerprint density at radius 3 is 2.84 bits per heavy atom. The average molecular weight is 278 g/mol. The van der Waals surface area contributed by atoms with Gasteiger partial charge in [-0.05, 0) is 62.2 Å². The Morgan fingerprint density at radius 1 is 1.47 bits per heavy atom. The molecular weight excluding hydrogens is 259 g/mol. The minimum atomic E-state index is -0.330. The van der Waals surface area contributed by atoms with E-state index in [9.17, 15) is 9.65 Å². The molecule has 1 aromatic rings. The van der Waals surface area contributed by atoms with E-state index in [1.165, 1.54) is 12.1 Å². The first-order valence-electron chi connectivity index (χ1n) is 6.69. The molecule has 0 bridgehead atoms. The van der Waals surface area contributed by atoms with Crippen molar-refractivity contribution in [1.29, 1.82) is 5.26 Å². The average Bonchev–Trinajstić information content (AvgIpc) is 2.84. The third-order valence-electron chi connectivity index (χ3n) is 4.01. The van der Waals surface area contributed by atoms with Gasteiger partial charge in [0.2, 0.25) is 0 Å². The fraction of sp³-hybridized carbons (Fsp3) is 0.533. The predicted octanol–water partition coefficient (Wildman–Crippen LogP) is 3.59. The molecule has 1 aromatic carbocycles. The lowest BCUT2D eigenvalue weighted by Gasteiger charge is -2.28. The van der Waals surface area contributed by atoms with Crippen LogP contribution in [0.1, 0.15) is 25.7 Å². The van der Waals surface area contributed by atoms with Gasteiger partial charge in [-0.1, -0.05) is 6.42 Å². The van der Waals surface area contributed by atoms with Crippen molar-refractivity contribution in [2.24, 2.45) is 5.92 Å². The van der Waals surface area contributed by atoms with E-state index in [1.54, 1.807) is 11.8 Å². The van der Waals surface area contributed by atoms with E-state index in [4.69, 9.17) is 0 Å². The van der Waals surface area contributed by atoms with Crippen LogP contribution in [-0.2, 0) is 0 Å². The quantitative estimate of drug-likeness (QED) is 0.836. The maximum Gasteiger partial charge on any atom is 0.123 e. The minimum Gasteiger partial charge on any atom is -0.302 e. The largest absolute Gasteiger partial charge is 0.302 e. The summed E-state index contributed by atoms with van der Waals surface area (Å²) >= 11 is 1.73. The molecule has 4 heteroatoms. The highest BCUT2D eigenvalue weighted by Gasteiger charge is 2.41. The number of hydrogen-bond donors (Lipinski definition) is 1. The second-order valence-corrected chi connectivity index (χ2v) is 6.18. The summed E-state index contributed by atoms with van der Waals surface area (Å²) in [5.74, 6) is 1.20.